The number of halogens is 5. The van der Waals surface area contributed by atoms with Crippen LogP contribution in [-0.4, -0.2) is 77.1 Å². The Balaban J connectivity index is 1.60. The van der Waals surface area contributed by atoms with Gasteiger partial charge in [0.05, 0.1) is 34.2 Å². The van der Waals surface area contributed by atoms with Crippen molar-refractivity contribution in [1.29, 1.82) is 0 Å². The van der Waals surface area contributed by atoms with E-state index in [2.05, 4.69) is 36.3 Å². The first-order valence-corrected chi connectivity index (χ1v) is 12.8. The number of benzene rings is 1. The zero-order chi connectivity index (χ0) is 28.1. The lowest BCUT2D eigenvalue weighted by Crippen LogP contribution is -2.53. The Bertz CT molecular complexity index is 1480. The fourth-order valence-electron chi connectivity index (χ4n) is 4.49. The number of aromatic hydroxyl groups is 1. The van der Waals surface area contributed by atoms with Crippen molar-refractivity contribution in [3.63, 3.8) is 0 Å². The molecular formula is C22H19BrF4N6O5S. The normalized spacial score (nSPS) is 23.8. The fraction of sp³-hybridized carbons (Fsp3) is 0.364. The van der Waals surface area contributed by atoms with Gasteiger partial charge in [0.2, 0.25) is 0 Å². The van der Waals surface area contributed by atoms with Gasteiger partial charge in [-0.1, -0.05) is 16.6 Å². The summed E-state index contributed by atoms with van der Waals surface area (Å²) >= 11 is 3.91. The minimum absolute atomic E-state index is 0.0750. The number of aliphatic hydroxyl groups excluding tert-OH is 2. The van der Waals surface area contributed by atoms with Crippen molar-refractivity contribution < 1.29 is 42.4 Å². The van der Waals surface area contributed by atoms with E-state index in [4.69, 9.17) is 9.47 Å². The molecule has 1 aromatic carbocycles. The molecule has 1 aliphatic heterocycles. The molecule has 0 aliphatic carbocycles. The van der Waals surface area contributed by atoms with Gasteiger partial charge < -0.3 is 24.8 Å². The Labute approximate surface area is 229 Å². The Morgan fingerprint density at radius 3 is 2.67 bits per heavy atom. The number of hydrogen-bond acceptors (Lipinski definition) is 10. The summed E-state index contributed by atoms with van der Waals surface area (Å²) in [6.45, 7) is -0.643. The molecule has 3 aromatic heterocycles. The molecule has 5 rings (SSSR count). The average Bonchev–Trinajstić information content (AvgIpc) is 3.65. The summed E-state index contributed by atoms with van der Waals surface area (Å²) in [5, 5.41) is 44.1. The van der Waals surface area contributed by atoms with Crippen molar-refractivity contribution >= 4 is 27.3 Å². The predicted molar refractivity (Wildman–Crippen MR) is 130 cm³/mol. The van der Waals surface area contributed by atoms with Crippen molar-refractivity contribution in [3.8, 4) is 22.3 Å². The van der Waals surface area contributed by atoms with Crippen molar-refractivity contribution in [1.82, 2.24) is 29.8 Å². The van der Waals surface area contributed by atoms with Crippen LogP contribution in [0.25, 0.3) is 17.1 Å². The second-order valence-electron chi connectivity index (χ2n) is 8.51. The van der Waals surface area contributed by atoms with E-state index in [9.17, 15) is 32.9 Å². The van der Waals surface area contributed by atoms with Gasteiger partial charge in [0.15, 0.2) is 0 Å². The summed E-state index contributed by atoms with van der Waals surface area (Å²) in [6.07, 6.45) is -7.06. The molecule has 4 aromatic rings. The second-order valence-corrected chi connectivity index (χ2v) is 10.2. The van der Waals surface area contributed by atoms with E-state index in [-0.39, 0.29) is 21.1 Å². The summed E-state index contributed by atoms with van der Waals surface area (Å²) < 4.78 is 69.3. The topological polar surface area (TPSA) is 141 Å². The fourth-order valence-corrected chi connectivity index (χ4v) is 5.36. The minimum atomic E-state index is -4.91. The number of aromatic nitrogens is 6. The third kappa shape index (κ3) is 5.05. The summed E-state index contributed by atoms with van der Waals surface area (Å²) in [5.41, 5.74) is -1.09. The summed E-state index contributed by atoms with van der Waals surface area (Å²) in [6, 6.07) is 1.66. The molecule has 0 spiro atoms. The monoisotopic (exact) mass is 634 g/mol. The number of rotatable bonds is 6. The molecular weight excluding hydrogens is 616 g/mol. The lowest BCUT2D eigenvalue weighted by Gasteiger charge is -2.43. The molecule has 1 aliphatic rings. The zero-order valence-corrected chi connectivity index (χ0v) is 22.1. The van der Waals surface area contributed by atoms with Gasteiger partial charge >= 0.3 is 6.18 Å². The highest BCUT2D eigenvalue weighted by molar-refractivity contribution is 9.10. The van der Waals surface area contributed by atoms with Crippen LogP contribution in [-0.2, 0) is 15.7 Å². The van der Waals surface area contributed by atoms with E-state index in [1.807, 2.05) is 0 Å². The molecule has 17 heteroatoms. The number of ether oxygens (including phenoxy) is 2. The lowest BCUT2D eigenvalue weighted by atomic mass is 9.90. The molecule has 0 amide bonds. The predicted octanol–water partition coefficient (Wildman–Crippen LogP) is 3.26. The van der Waals surface area contributed by atoms with E-state index >= 15 is 0 Å². The molecule has 4 heterocycles. The van der Waals surface area contributed by atoms with Crippen LogP contribution in [0.4, 0.5) is 17.6 Å². The standard InChI is InChI=1S/C22H19BrF4N6O5S/c1-37-20-17(32-6-12(30-31-32)13-8-39-21(36)29-13)18(35)16(7-34)38-19(20)14-2-3-28-33(14)15-5-10(23)11(24)4-9(15)22(25,26)27/h2-6,8,16-20,34-35H,7H2,1H3,(H,29,36)/t16-,17+,18+,19+,20-/m1/s1. The van der Waals surface area contributed by atoms with Crippen molar-refractivity contribution in [3.05, 3.63) is 57.5 Å². The first kappa shape index (κ1) is 27.6. The molecule has 0 radical (unpaired) electrons. The van der Waals surface area contributed by atoms with Crippen LogP contribution in [0.2, 0.25) is 0 Å². The van der Waals surface area contributed by atoms with Gasteiger partial charge in [0.1, 0.15) is 47.7 Å². The van der Waals surface area contributed by atoms with E-state index in [1.165, 1.54) is 30.3 Å². The molecule has 1 fully saturated rings. The van der Waals surface area contributed by atoms with Crippen LogP contribution >= 0.6 is 27.3 Å². The van der Waals surface area contributed by atoms with Crippen LogP contribution in [0, 0.1) is 5.82 Å². The molecule has 3 N–H and O–H groups in total. The number of alkyl halides is 3. The van der Waals surface area contributed by atoms with Crippen LogP contribution < -0.4 is 0 Å². The van der Waals surface area contributed by atoms with E-state index in [0.29, 0.717) is 11.8 Å². The molecule has 208 valence electrons. The maximum atomic E-state index is 14.1. The molecule has 39 heavy (non-hydrogen) atoms. The van der Waals surface area contributed by atoms with E-state index in [1.54, 1.807) is 5.38 Å². The quantitative estimate of drug-likeness (QED) is 0.273. The van der Waals surface area contributed by atoms with E-state index < -0.39 is 60.3 Å². The van der Waals surface area contributed by atoms with Gasteiger partial charge in [-0.2, -0.15) is 18.3 Å². The second kappa shape index (κ2) is 10.5. The number of methoxy groups -OCH3 is 1. The average molecular weight is 635 g/mol. The Kier molecular flexibility index (Phi) is 7.47. The third-order valence-electron chi connectivity index (χ3n) is 6.25. The SMILES string of the molecule is CO[C@@H]1[C@@H](n2cc(-c3csc(O)n3)nn2)[C@@H](O)[C@@H](CO)O[C@H]1c1ccnn1-c1cc(Br)c(F)cc1C(F)(F)F. The van der Waals surface area contributed by atoms with Gasteiger partial charge in [-0.3, -0.25) is 0 Å². The van der Waals surface area contributed by atoms with Crippen molar-refractivity contribution in [2.24, 2.45) is 0 Å². The smallest absolute Gasteiger partial charge is 0.418 e. The lowest BCUT2D eigenvalue weighted by molar-refractivity contribution is -0.216. The molecule has 5 atom stereocenters. The van der Waals surface area contributed by atoms with Crippen LogP contribution in [0.3, 0.4) is 0 Å². The molecule has 1 saturated heterocycles. The molecule has 11 nitrogen and oxygen atoms in total. The molecule has 0 unspecified atom stereocenters. The van der Waals surface area contributed by atoms with Crippen LogP contribution in [0.15, 0.2) is 40.4 Å². The van der Waals surface area contributed by atoms with Gasteiger partial charge in [-0.05, 0) is 34.1 Å². The summed E-state index contributed by atoms with van der Waals surface area (Å²) in [5.74, 6) is -1.11. The van der Waals surface area contributed by atoms with Crippen molar-refractivity contribution in [2.75, 3.05) is 13.7 Å². The Hall–Kier alpha value is -2.96. The van der Waals surface area contributed by atoms with E-state index in [0.717, 1.165) is 22.1 Å². The highest BCUT2D eigenvalue weighted by Gasteiger charge is 2.49. The van der Waals surface area contributed by atoms with Crippen LogP contribution in [0.5, 0.6) is 5.19 Å². The largest absolute Gasteiger partial charge is 0.486 e. The van der Waals surface area contributed by atoms with Crippen molar-refractivity contribution in [2.45, 2.75) is 36.6 Å². The molecule has 0 saturated carbocycles. The summed E-state index contributed by atoms with van der Waals surface area (Å²) in [4.78, 5) is 3.94. The van der Waals surface area contributed by atoms with Gasteiger partial charge in [-0.15, -0.1) is 5.10 Å². The van der Waals surface area contributed by atoms with Crippen LogP contribution in [0.1, 0.15) is 23.4 Å². The third-order valence-corrected chi connectivity index (χ3v) is 7.50. The highest BCUT2D eigenvalue weighted by Crippen LogP contribution is 2.42. The van der Waals surface area contributed by atoms with Gasteiger partial charge in [0, 0.05) is 18.7 Å². The Morgan fingerprint density at radius 2 is 2.03 bits per heavy atom. The highest BCUT2D eigenvalue weighted by atomic mass is 79.9. The number of hydrogen-bond donors (Lipinski definition) is 3. The van der Waals surface area contributed by atoms with Gasteiger partial charge in [0.25, 0.3) is 5.19 Å². The van der Waals surface area contributed by atoms with Gasteiger partial charge in [-0.25, -0.2) is 18.7 Å². The number of thiazole rings is 1. The summed E-state index contributed by atoms with van der Waals surface area (Å²) in [7, 11) is 1.31. The maximum absolute atomic E-state index is 14.1. The maximum Gasteiger partial charge on any atom is 0.418 e. The zero-order valence-electron chi connectivity index (χ0n) is 19.7. The minimum Gasteiger partial charge on any atom is -0.486 e. The number of nitrogens with zero attached hydrogens (tertiary/aromatic N) is 6. The molecule has 0 bridgehead atoms. The number of aliphatic hydroxyl groups is 2. The first-order chi connectivity index (χ1) is 18.5. The first-order valence-electron chi connectivity index (χ1n) is 11.2. The Morgan fingerprint density at radius 1 is 1.26 bits per heavy atom.